The predicted molar refractivity (Wildman–Crippen MR) is 66.8 cm³/mol. The van der Waals surface area contributed by atoms with Crippen LogP contribution >= 0.6 is 0 Å². The first-order valence-electron chi connectivity index (χ1n) is 6.19. The zero-order valence-corrected chi connectivity index (χ0v) is 10.9. The van der Waals surface area contributed by atoms with Crippen LogP contribution in [-0.4, -0.2) is 43.4 Å². The van der Waals surface area contributed by atoms with E-state index in [0.717, 1.165) is 6.07 Å². The van der Waals surface area contributed by atoms with E-state index in [0.29, 0.717) is 25.9 Å². The normalized spacial score (nSPS) is 19.3. The Bertz CT molecular complexity index is 516. The Balaban J connectivity index is 2.16. The maximum absolute atomic E-state index is 12.6. The second kappa shape index (κ2) is 6.27. The van der Waals surface area contributed by atoms with E-state index in [9.17, 15) is 18.0 Å². The number of rotatable bonds is 4. The molecule has 1 aliphatic heterocycles. The number of halogens is 3. The number of anilines is 1. The van der Waals surface area contributed by atoms with Gasteiger partial charge in [0.2, 0.25) is 0 Å². The lowest BCUT2D eigenvalue weighted by Gasteiger charge is -2.23. The molecule has 1 aromatic rings. The summed E-state index contributed by atoms with van der Waals surface area (Å²) in [4.78, 5) is 14.7. The molecular weight excluding hydrogens is 291 g/mol. The Kier molecular flexibility index (Phi) is 4.63. The van der Waals surface area contributed by atoms with Crippen LogP contribution in [0.15, 0.2) is 12.1 Å². The summed E-state index contributed by atoms with van der Waals surface area (Å²) in [7, 11) is 0. The van der Waals surface area contributed by atoms with Crippen LogP contribution in [0.1, 0.15) is 16.1 Å². The Morgan fingerprint density at radius 2 is 2.19 bits per heavy atom. The van der Waals surface area contributed by atoms with Crippen molar-refractivity contribution >= 4 is 11.7 Å². The predicted octanol–water partition coefficient (Wildman–Crippen LogP) is 1.03. The van der Waals surface area contributed by atoms with Gasteiger partial charge in [-0.3, -0.25) is 4.79 Å². The van der Waals surface area contributed by atoms with Crippen LogP contribution in [0.4, 0.5) is 19.0 Å². The first-order chi connectivity index (χ1) is 9.88. The van der Waals surface area contributed by atoms with Crippen molar-refractivity contribution < 1.29 is 27.4 Å². The zero-order chi connectivity index (χ0) is 15.5. The molecular formula is C12H14F3N3O3. The second-order valence-corrected chi connectivity index (χ2v) is 4.40. The minimum absolute atomic E-state index is 0.111. The number of nitrogens with one attached hydrogen (secondary N) is 1. The Morgan fingerprint density at radius 1 is 1.43 bits per heavy atom. The first-order valence-corrected chi connectivity index (χ1v) is 6.19. The van der Waals surface area contributed by atoms with E-state index >= 15 is 0 Å². The summed E-state index contributed by atoms with van der Waals surface area (Å²) in [6, 6.07) is 1.71. The number of amides is 1. The molecule has 0 spiro atoms. The van der Waals surface area contributed by atoms with E-state index in [1.807, 2.05) is 0 Å². The smallest absolute Gasteiger partial charge is 0.376 e. The van der Waals surface area contributed by atoms with Gasteiger partial charge in [-0.15, -0.1) is 0 Å². The van der Waals surface area contributed by atoms with Crippen molar-refractivity contribution in [2.75, 3.05) is 31.7 Å². The SMILES string of the molecule is NC(=O)c1ccc(C(F)(F)F)nc1NCC1COCCO1. The van der Waals surface area contributed by atoms with Crippen LogP contribution in [0, 0.1) is 0 Å². The number of pyridine rings is 1. The van der Waals surface area contributed by atoms with Crippen molar-refractivity contribution in [1.82, 2.24) is 4.98 Å². The third-order valence-corrected chi connectivity index (χ3v) is 2.83. The minimum Gasteiger partial charge on any atom is -0.376 e. The molecule has 3 N–H and O–H groups in total. The standard InChI is InChI=1S/C12H14F3N3O3/c13-12(14,15)9-2-1-8(10(16)19)11(18-9)17-5-7-6-20-3-4-21-7/h1-2,7H,3-6H2,(H2,16,19)(H,17,18). The van der Waals surface area contributed by atoms with Gasteiger partial charge >= 0.3 is 6.18 Å². The third-order valence-electron chi connectivity index (χ3n) is 2.83. The number of ether oxygens (including phenoxy) is 2. The number of nitrogens with zero attached hydrogens (tertiary/aromatic N) is 1. The number of primary amides is 1. The fraction of sp³-hybridized carbons (Fsp3) is 0.500. The average molecular weight is 305 g/mol. The molecule has 1 saturated heterocycles. The summed E-state index contributed by atoms with van der Waals surface area (Å²) in [5, 5.41) is 2.66. The number of hydrogen-bond acceptors (Lipinski definition) is 5. The van der Waals surface area contributed by atoms with E-state index < -0.39 is 17.8 Å². The summed E-state index contributed by atoms with van der Waals surface area (Å²) in [6.07, 6.45) is -4.92. The number of aromatic nitrogens is 1. The summed E-state index contributed by atoms with van der Waals surface area (Å²) < 4.78 is 48.4. The van der Waals surface area contributed by atoms with Gasteiger partial charge < -0.3 is 20.5 Å². The van der Waals surface area contributed by atoms with Gasteiger partial charge in [0.15, 0.2) is 0 Å². The van der Waals surface area contributed by atoms with Gasteiger partial charge in [0, 0.05) is 6.54 Å². The first kappa shape index (κ1) is 15.5. The highest BCUT2D eigenvalue weighted by molar-refractivity contribution is 5.97. The largest absolute Gasteiger partial charge is 0.433 e. The van der Waals surface area contributed by atoms with Gasteiger partial charge in [0.1, 0.15) is 11.5 Å². The van der Waals surface area contributed by atoms with Crippen molar-refractivity contribution in [3.05, 3.63) is 23.4 Å². The van der Waals surface area contributed by atoms with Gasteiger partial charge in [-0.25, -0.2) is 4.98 Å². The highest BCUT2D eigenvalue weighted by Crippen LogP contribution is 2.29. The Hall–Kier alpha value is -1.87. The van der Waals surface area contributed by atoms with Crippen molar-refractivity contribution in [2.24, 2.45) is 5.73 Å². The second-order valence-electron chi connectivity index (χ2n) is 4.40. The molecule has 1 amide bonds. The Labute approximate surface area is 118 Å². The molecule has 0 bridgehead atoms. The monoisotopic (exact) mass is 305 g/mol. The van der Waals surface area contributed by atoms with Crippen LogP contribution in [0.3, 0.4) is 0 Å². The molecule has 0 radical (unpaired) electrons. The highest BCUT2D eigenvalue weighted by Gasteiger charge is 2.33. The topological polar surface area (TPSA) is 86.5 Å². The van der Waals surface area contributed by atoms with Gasteiger partial charge in [-0.05, 0) is 12.1 Å². The number of carbonyl (C=O) groups is 1. The Morgan fingerprint density at radius 3 is 2.76 bits per heavy atom. The van der Waals surface area contributed by atoms with E-state index in [1.54, 1.807) is 0 Å². The van der Waals surface area contributed by atoms with Crippen LogP contribution in [0.5, 0.6) is 0 Å². The molecule has 116 valence electrons. The molecule has 1 atom stereocenters. The van der Waals surface area contributed by atoms with Gasteiger partial charge in [-0.2, -0.15) is 13.2 Å². The van der Waals surface area contributed by atoms with Crippen LogP contribution in [-0.2, 0) is 15.7 Å². The maximum atomic E-state index is 12.6. The van der Waals surface area contributed by atoms with Gasteiger partial charge in [0.05, 0.1) is 31.5 Å². The van der Waals surface area contributed by atoms with Gasteiger partial charge in [-0.1, -0.05) is 0 Å². The van der Waals surface area contributed by atoms with E-state index in [4.69, 9.17) is 15.2 Å². The van der Waals surface area contributed by atoms with Crippen molar-refractivity contribution in [1.29, 1.82) is 0 Å². The van der Waals surface area contributed by atoms with E-state index in [-0.39, 0.29) is 24.0 Å². The molecule has 9 heteroatoms. The highest BCUT2D eigenvalue weighted by atomic mass is 19.4. The lowest BCUT2D eigenvalue weighted by atomic mass is 10.2. The number of alkyl halides is 3. The molecule has 1 aromatic heterocycles. The molecule has 21 heavy (non-hydrogen) atoms. The molecule has 0 aromatic carbocycles. The van der Waals surface area contributed by atoms with Crippen LogP contribution in [0.2, 0.25) is 0 Å². The molecule has 0 saturated carbocycles. The van der Waals surface area contributed by atoms with Crippen molar-refractivity contribution in [3.8, 4) is 0 Å². The van der Waals surface area contributed by atoms with Crippen LogP contribution in [0.25, 0.3) is 0 Å². The molecule has 1 aliphatic rings. The lowest BCUT2D eigenvalue weighted by molar-refractivity contribution is -0.141. The maximum Gasteiger partial charge on any atom is 0.433 e. The summed E-state index contributed by atoms with van der Waals surface area (Å²) in [6.45, 7) is 1.36. The molecule has 2 heterocycles. The fourth-order valence-electron chi connectivity index (χ4n) is 1.82. The summed E-state index contributed by atoms with van der Waals surface area (Å²) in [5.74, 6) is -1.08. The lowest BCUT2D eigenvalue weighted by Crippen LogP contribution is -2.34. The molecule has 1 fully saturated rings. The van der Waals surface area contributed by atoms with Gasteiger partial charge in [0.25, 0.3) is 5.91 Å². The number of nitrogens with two attached hydrogens (primary N) is 1. The summed E-state index contributed by atoms with van der Waals surface area (Å²) >= 11 is 0. The zero-order valence-electron chi connectivity index (χ0n) is 10.9. The molecule has 0 aliphatic carbocycles. The number of hydrogen-bond donors (Lipinski definition) is 2. The minimum atomic E-state index is -4.60. The number of carbonyl (C=O) groups excluding carboxylic acids is 1. The average Bonchev–Trinajstić information content (AvgIpc) is 2.45. The molecule has 6 nitrogen and oxygen atoms in total. The van der Waals surface area contributed by atoms with Crippen molar-refractivity contribution in [3.63, 3.8) is 0 Å². The summed E-state index contributed by atoms with van der Waals surface area (Å²) in [5.41, 5.74) is 3.91. The quantitative estimate of drug-likeness (QED) is 0.867. The fourth-order valence-corrected chi connectivity index (χ4v) is 1.82. The third kappa shape index (κ3) is 4.05. The molecule has 1 unspecified atom stereocenters. The van der Waals surface area contributed by atoms with Crippen molar-refractivity contribution in [2.45, 2.75) is 12.3 Å². The van der Waals surface area contributed by atoms with E-state index in [2.05, 4.69) is 10.3 Å². The van der Waals surface area contributed by atoms with Crippen LogP contribution < -0.4 is 11.1 Å². The van der Waals surface area contributed by atoms with E-state index in [1.165, 1.54) is 0 Å². The molecule has 2 rings (SSSR count).